The molecule has 2 aromatic heterocycles. The van der Waals surface area contributed by atoms with Crippen molar-refractivity contribution in [3.05, 3.63) is 57.5 Å². The molecule has 9 nitrogen and oxygen atoms in total. The first-order valence-corrected chi connectivity index (χ1v) is 8.40. The summed E-state index contributed by atoms with van der Waals surface area (Å²) in [7, 11) is 0. The summed E-state index contributed by atoms with van der Waals surface area (Å²) in [6, 6.07) is 5.14. The molecule has 0 spiro atoms. The second-order valence-corrected chi connectivity index (χ2v) is 5.83. The van der Waals surface area contributed by atoms with Crippen molar-refractivity contribution in [1.82, 2.24) is 14.6 Å². The van der Waals surface area contributed by atoms with Crippen molar-refractivity contribution in [2.75, 3.05) is 11.9 Å². The maximum Gasteiger partial charge on any atom is 0.296 e. The SMILES string of the molecule is CCOc1ccc(NC(=O)c2cc3nc(C(F)F)cc(C(F)F)n3n2)c([N+](=O)[O-])c1. The number of carbonyl (C=O) groups excluding carboxylic acids is 1. The van der Waals surface area contributed by atoms with Gasteiger partial charge in [0.05, 0.1) is 17.6 Å². The minimum absolute atomic E-state index is 0.194. The summed E-state index contributed by atoms with van der Waals surface area (Å²) in [4.78, 5) is 26.5. The summed E-state index contributed by atoms with van der Waals surface area (Å²) >= 11 is 0. The van der Waals surface area contributed by atoms with Gasteiger partial charge in [0, 0.05) is 6.07 Å². The smallest absolute Gasteiger partial charge is 0.296 e. The second kappa shape index (κ2) is 8.31. The molecule has 0 saturated carbocycles. The van der Waals surface area contributed by atoms with Crippen LogP contribution in [0.2, 0.25) is 0 Å². The van der Waals surface area contributed by atoms with Crippen LogP contribution in [-0.4, -0.2) is 32.0 Å². The van der Waals surface area contributed by atoms with Crippen molar-refractivity contribution in [2.24, 2.45) is 0 Å². The molecular weight excluding hydrogens is 414 g/mol. The number of halogens is 4. The molecule has 1 amide bonds. The molecule has 0 saturated heterocycles. The lowest BCUT2D eigenvalue weighted by atomic mass is 10.2. The van der Waals surface area contributed by atoms with E-state index in [-0.39, 0.29) is 18.0 Å². The van der Waals surface area contributed by atoms with Crippen LogP contribution in [0.15, 0.2) is 30.3 Å². The number of hydrogen-bond donors (Lipinski definition) is 1. The van der Waals surface area contributed by atoms with Crippen LogP contribution in [0.5, 0.6) is 5.75 Å². The predicted octanol–water partition coefficient (Wildman–Crippen LogP) is 4.16. The van der Waals surface area contributed by atoms with E-state index in [1.807, 2.05) is 0 Å². The highest BCUT2D eigenvalue weighted by Gasteiger charge is 2.23. The Morgan fingerprint density at radius 1 is 1.23 bits per heavy atom. The number of amides is 1. The van der Waals surface area contributed by atoms with Gasteiger partial charge in [0.15, 0.2) is 11.3 Å². The van der Waals surface area contributed by atoms with Crippen molar-refractivity contribution >= 4 is 22.9 Å². The van der Waals surface area contributed by atoms with Crippen LogP contribution >= 0.6 is 0 Å². The number of alkyl halides is 4. The third kappa shape index (κ3) is 4.14. The summed E-state index contributed by atoms with van der Waals surface area (Å²) in [6.45, 7) is 1.95. The topological polar surface area (TPSA) is 112 Å². The zero-order valence-electron chi connectivity index (χ0n) is 15.2. The largest absolute Gasteiger partial charge is 0.494 e. The highest BCUT2D eigenvalue weighted by atomic mass is 19.3. The minimum Gasteiger partial charge on any atom is -0.494 e. The highest BCUT2D eigenvalue weighted by molar-refractivity contribution is 6.04. The molecule has 3 aromatic rings. The average molecular weight is 427 g/mol. The molecule has 3 rings (SSSR count). The standard InChI is InChI=1S/C17H13F4N5O4/c1-2-30-8-3-4-9(12(5-8)26(28)29)23-17(27)11-7-14-22-10(15(18)19)6-13(16(20)21)25(14)24-11/h3-7,15-16H,2H2,1H3,(H,23,27). The maximum atomic E-state index is 13.2. The van der Waals surface area contributed by atoms with Crippen LogP contribution in [0, 0.1) is 10.1 Å². The number of benzene rings is 1. The van der Waals surface area contributed by atoms with Crippen LogP contribution in [0.4, 0.5) is 28.9 Å². The molecule has 0 unspecified atom stereocenters. The number of rotatable bonds is 7. The Hall–Kier alpha value is -3.77. The number of hydrogen-bond acceptors (Lipinski definition) is 6. The van der Waals surface area contributed by atoms with E-state index < -0.39 is 52.1 Å². The fourth-order valence-corrected chi connectivity index (χ4v) is 2.61. The maximum absolute atomic E-state index is 13.2. The molecule has 0 radical (unpaired) electrons. The van der Waals surface area contributed by atoms with E-state index in [9.17, 15) is 32.5 Å². The molecule has 0 atom stereocenters. The van der Waals surface area contributed by atoms with E-state index >= 15 is 0 Å². The average Bonchev–Trinajstić information content (AvgIpc) is 3.12. The highest BCUT2D eigenvalue weighted by Crippen LogP contribution is 2.30. The number of aromatic nitrogens is 3. The van der Waals surface area contributed by atoms with Gasteiger partial charge in [0.25, 0.3) is 24.4 Å². The van der Waals surface area contributed by atoms with E-state index in [1.165, 1.54) is 12.1 Å². The van der Waals surface area contributed by atoms with Crippen molar-refractivity contribution in [1.29, 1.82) is 0 Å². The number of anilines is 1. The Balaban J connectivity index is 1.98. The predicted molar refractivity (Wildman–Crippen MR) is 95.1 cm³/mol. The molecule has 0 fully saturated rings. The van der Waals surface area contributed by atoms with E-state index in [0.29, 0.717) is 10.6 Å². The van der Waals surface area contributed by atoms with Gasteiger partial charge in [-0.2, -0.15) is 5.10 Å². The summed E-state index contributed by atoms with van der Waals surface area (Å²) in [6.07, 6.45) is -6.26. The Kier molecular flexibility index (Phi) is 5.80. The number of ether oxygens (including phenoxy) is 1. The van der Waals surface area contributed by atoms with Crippen molar-refractivity contribution in [3.8, 4) is 5.75 Å². The molecule has 0 aliphatic rings. The third-order valence-electron chi connectivity index (χ3n) is 3.88. The van der Waals surface area contributed by atoms with E-state index in [1.54, 1.807) is 6.92 Å². The quantitative estimate of drug-likeness (QED) is 0.344. The number of nitrogens with zero attached hydrogens (tertiary/aromatic N) is 4. The van der Waals surface area contributed by atoms with E-state index in [4.69, 9.17) is 4.74 Å². The van der Waals surface area contributed by atoms with Crippen molar-refractivity contribution < 1.29 is 32.0 Å². The lowest BCUT2D eigenvalue weighted by molar-refractivity contribution is -0.384. The lowest BCUT2D eigenvalue weighted by Gasteiger charge is -2.07. The fourth-order valence-electron chi connectivity index (χ4n) is 2.61. The number of nitrogens with one attached hydrogen (secondary N) is 1. The van der Waals surface area contributed by atoms with Gasteiger partial charge in [-0.25, -0.2) is 27.1 Å². The fraction of sp³-hybridized carbons (Fsp3) is 0.235. The first kappa shape index (κ1) is 21.0. The summed E-state index contributed by atoms with van der Waals surface area (Å²) < 4.78 is 58.0. The molecule has 0 aliphatic heterocycles. The molecule has 1 N–H and O–H groups in total. The van der Waals surface area contributed by atoms with Gasteiger partial charge < -0.3 is 10.1 Å². The summed E-state index contributed by atoms with van der Waals surface area (Å²) in [5.74, 6) is -0.771. The molecule has 1 aromatic carbocycles. The Bertz CT molecular complexity index is 1120. The van der Waals surface area contributed by atoms with Gasteiger partial charge >= 0.3 is 0 Å². The number of carbonyl (C=O) groups is 1. The van der Waals surface area contributed by atoms with Gasteiger partial charge in [-0.05, 0) is 25.1 Å². The van der Waals surface area contributed by atoms with Gasteiger partial charge in [0.1, 0.15) is 22.8 Å². The Morgan fingerprint density at radius 3 is 2.57 bits per heavy atom. The second-order valence-electron chi connectivity index (χ2n) is 5.83. The molecule has 13 heteroatoms. The molecule has 30 heavy (non-hydrogen) atoms. The van der Waals surface area contributed by atoms with Crippen molar-refractivity contribution in [2.45, 2.75) is 19.8 Å². The number of nitro benzene ring substituents is 1. The van der Waals surface area contributed by atoms with Crippen LogP contribution in [0.3, 0.4) is 0 Å². The Morgan fingerprint density at radius 2 is 1.97 bits per heavy atom. The number of nitro groups is 1. The molecular formula is C17H13F4N5O4. The first-order valence-electron chi connectivity index (χ1n) is 8.40. The minimum atomic E-state index is -3.16. The normalized spacial score (nSPS) is 11.3. The van der Waals surface area contributed by atoms with Crippen LogP contribution in [0.25, 0.3) is 5.65 Å². The number of fused-ring (bicyclic) bond motifs is 1. The van der Waals surface area contributed by atoms with Gasteiger partial charge in [0.2, 0.25) is 0 Å². The van der Waals surface area contributed by atoms with Gasteiger partial charge in [-0.1, -0.05) is 0 Å². The van der Waals surface area contributed by atoms with Crippen LogP contribution < -0.4 is 10.1 Å². The molecule has 0 bridgehead atoms. The zero-order chi connectivity index (χ0) is 22.0. The van der Waals surface area contributed by atoms with Gasteiger partial charge in [-0.3, -0.25) is 14.9 Å². The summed E-state index contributed by atoms with van der Waals surface area (Å²) in [5.41, 5.74) is -3.27. The monoisotopic (exact) mass is 427 g/mol. The molecule has 2 heterocycles. The molecule has 158 valence electrons. The van der Waals surface area contributed by atoms with E-state index in [2.05, 4.69) is 15.4 Å². The van der Waals surface area contributed by atoms with E-state index in [0.717, 1.165) is 12.1 Å². The summed E-state index contributed by atoms with van der Waals surface area (Å²) in [5, 5.41) is 17.2. The van der Waals surface area contributed by atoms with Crippen molar-refractivity contribution in [3.63, 3.8) is 0 Å². The van der Waals surface area contributed by atoms with Crippen LogP contribution in [0.1, 0.15) is 41.7 Å². The van der Waals surface area contributed by atoms with Crippen LogP contribution in [-0.2, 0) is 0 Å². The Labute approximate surface area is 165 Å². The lowest BCUT2D eigenvalue weighted by Crippen LogP contribution is -2.14. The first-order chi connectivity index (χ1) is 14.2. The third-order valence-corrected chi connectivity index (χ3v) is 3.88. The van der Waals surface area contributed by atoms with Gasteiger partial charge in [-0.15, -0.1) is 0 Å². The molecule has 0 aliphatic carbocycles. The zero-order valence-corrected chi connectivity index (χ0v) is 15.2.